The van der Waals surface area contributed by atoms with Crippen LogP contribution in [0, 0.1) is 6.61 Å². The first-order valence-electron chi connectivity index (χ1n) is 3.97. The van der Waals surface area contributed by atoms with Gasteiger partial charge in [0.1, 0.15) is 6.61 Å². The molecule has 0 aromatic rings. The van der Waals surface area contributed by atoms with Crippen molar-refractivity contribution in [1.29, 1.82) is 0 Å². The van der Waals surface area contributed by atoms with E-state index in [0.29, 0.717) is 6.42 Å². The second-order valence-corrected chi connectivity index (χ2v) is 4.15. The van der Waals surface area contributed by atoms with Crippen LogP contribution in [0.15, 0.2) is 12.7 Å². The molecule has 0 N–H and O–H groups in total. The van der Waals surface area contributed by atoms with Gasteiger partial charge in [-0.3, -0.25) is 4.18 Å². The second-order valence-electron chi connectivity index (χ2n) is 2.44. The van der Waals surface area contributed by atoms with E-state index in [1.807, 2.05) is 6.92 Å². The fraction of sp³-hybridized carbons (Fsp3) is 0.625. The molecular weight excluding hydrogens is 176 g/mol. The zero-order valence-electron chi connectivity index (χ0n) is 7.32. The normalized spacial score (nSPS) is 11.4. The summed E-state index contributed by atoms with van der Waals surface area (Å²) in [7, 11) is -3.34. The quantitative estimate of drug-likeness (QED) is 0.456. The summed E-state index contributed by atoms with van der Waals surface area (Å²) in [6.45, 7) is 6.42. The molecule has 0 amide bonds. The first kappa shape index (κ1) is 11.6. The molecule has 0 aromatic carbocycles. The van der Waals surface area contributed by atoms with Crippen LogP contribution in [0.4, 0.5) is 0 Å². The molecule has 0 aliphatic rings. The minimum atomic E-state index is -3.34. The van der Waals surface area contributed by atoms with E-state index in [0.717, 1.165) is 19.4 Å². The van der Waals surface area contributed by atoms with Gasteiger partial charge in [0, 0.05) is 0 Å². The van der Waals surface area contributed by atoms with Gasteiger partial charge in [-0.25, -0.2) is 0 Å². The van der Waals surface area contributed by atoms with Crippen LogP contribution in [0.2, 0.25) is 0 Å². The zero-order valence-corrected chi connectivity index (χ0v) is 8.14. The molecule has 0 unspecified atom stereocenters. The molecular formula is C8H15O3S. The Bertz CT molecular complexity index is 206. The van der Waals surface area contributed by atoms with E-state index in [1.165, 1.54) is 6.08 Å². The number of rotatable bonds is 7. The third-order valence-electron chi connectivity index (χ3n) is 1.30. The highest BCUT2D eigenvalue weighted by atomic mass is 32.2. The predicted octanol–water partition coefficient (Wildman–Crippen LogP) is 1.87. The summed E-state index contributed by atoms with van der Waals surface area (Å²) in [6.07, 6.45) is 3.87. The Kier molecular flexibility index (Phi) is 6.02. The van der Waals surface area contributed by atoms with Crippen molar-refractivity contribution in [1.82, 2.24) is 0 Å². The van der Waals surface area contributed by atoms with Crippen molar-refractivity contribution in [3.8, 4) is 0 Å². The lowest BCUT2D eigenvalue weighted by Crippen LogP contribution is -2.08. The maximum atomic E-state index is 11.0. The van der Waals surface area contributed by atoms with Crippen LogP contribution < -0.4 is 0 Å². The lowest BCUT2D eigenvalue weighted by atomic mass is 10.3. The van der Waals surface area contributed by atoms with Crippen LogP contribution >= 0.6 is 0 Å². The van der Waals surface area contributed by atoms with E-state index in [2.05, 4.69) is 10.8 Å². The number of unbranched alkanes of at least 4 members (excludes halogenated alkanes) is 2. The van der Waals surface area contributed by atoms with Crippen LogP contribution in [-0.4, -0.2) is 14.2 Å². The van der Waals surface area contributed by atoms with Crippen LogP contribution in [0.25, 0.3) is 0 Å². The molecule has 0 aliphatic carbocycles. The van der Waals surface area contributed by atoms with E-state index in [-0.39, 0.29) is 5.75 Å². The molecule has 0 aliphatic heterocycles. The average Bonchev–Trinajstić information content (AvgIpc) is 2.01. The van der Waals surface area contributed by atoms with E-state index in [1.54, 1.807) is 0 Å². The fourth-order valence-electron chi connectivity index (χ4n) is 0.701. The van der Waals surface area contributed by atoms with Gasteiger partial charge < -0.3 is 0 Å². The van der Waals surface area contributed by atoms with Crippen molar-refractivity contribution in [2.24, 2.45) is 0 Å². The van der Waals surface area contributed by atoms with Crippen LogP contribution in [0.1, 0.15) is 26.2 Å². The van der Waals surface area contributed by atoms with Gasteiger partial charge in [-0.05, 0) is 6.42 Å². The van der Waals surface area contributed by atoms with Crippen molar-refractivity contribution >= 4 is 10.1 Å². The SMILES string of the molecule is C=C[CH]OS(=O)(=O)CCCCC. The number of hydrogen-bond donors (Lipinski definition) is 0. The summed E-state index contributed by atoms with van der Waals surface area (Å²) in [5, 5.41) is 0. The third-order valence-corrected chi connectivity index (χ3v) is 2.49. The average molecular weight is 191 g/mol. The summed E-state index contributed by atoms with van der Waals surface area (Å²) < 4.78 is 26.4. The molecule has 71 valence electrons. The van der Waals surface area contributed by atoms with Crippen molar-refractivity contribution in [2.75, 3.05) is 5.75 Å². The van der Waals surface area contributed by atoms with Crippen LogP contribution in [0.5, 0.6) is 0 Å². The van der Waals surface area contributed by atoms with E-state index >= 15 is 0 Å². The molecule has 1 radical (unpaired) electrons. The van der Waals surface area contributed by atoms with Gasteiger partial charge in [-0.1, -0.05) is 25.8 Å². The van der Waals surface area contributed by atoms with Crippen molar-refractivity contribution in [3.63, 3.8) is 0 Å². The van der Waals surface area contributed by atoms with E-state index in [4.69, 9.17) is 0 Å². The van der Waals surface area contributed by atoms with Gasteiger partial charge in [0.2, 0.25) is 0 Å². The maximum absolute atomic E-state index is 11.0. The van der Waals surface area contributed by atoms with Crippen molar-refractivity contribution < 1.29 is 12.6 Å². The lowest BCUT2D eigenvalue weighted by molar-refractivity contribution is 0.410. The van der Waals surface area contributed by atoms with Gasteiger partial charge in [0.25, 0.3) is 10.1 Å². The van der Waals surface area contributed by atoms with Crippen LogP contribution in [-0.2, 0) is 14.3 Å². The van der Waals surface area contributed by atoms with Gasteiger partial charge in [0.15, 0.2) is 0 Å². The predicted molar refractivity (Wildman–Crippen MR) is 48.9 cm³/mol. The summed E-state index contributed by atoms with van der Waals surface area (Å²) in [5.41, 5.74) is 0. The smallest absolute Gasteiger partial charge is 0.259 e. The van der Waals surface area contributed by atoms with Crippen molar-refractivity contribution in [3.05, 3.63) is 19.3 Å². The Morgan fingerprint density at radius 2 is 2.08 bits per heavy atom. The van der Waals surface area contributed by atoms with E-state index in [9.17, 15) is 8.42 Å². The first-order chi connectivity index (χ1) is 5.62. The Labute approximate surface area is 74.6 Å². The maximum Gasteiger partial charge on any atom is 0.267 e. The Balaban J connectivity index is 3.64. The standard InChI is InChI=1S/C8H15O3S/c1-3-5-6-8-12(9,10)11-7-4-2/h4,7H,2-3,5-6,8H2,1H3. The Morgan fingerprint density at radius 1 is 1.42 bits per heavy atom. The summed E-state index contributed by atoms with van der Waals surface area (Å²) in [6, 6.07) is 0. The summed E-state index contributed by atoms with van der Waals surface area (Å²) >= 11 is 0. The molecule has 0 heterocycles. The summed E-state index contributed by atoms with van der Waals surface area (Å²) in [5.74, 6) is 0.0885. The third kappa shape index (κ3) is 6.37. The number of hydrogen-bond acceptors (Lipinski definition) is 3. The highest BCUT2D eigenvalue weighted by Gasteiger charge is 2.08. The van der Waals surface area contributed by atoms with Gasteiger partial charge >= 0.3 is 0 Å². The Morgan fingerprint density at radius 3 is 2.58 bits per heavy atom. The molecule has 0 saturated carbocycles. The molecule has 0 aromatic heterocycles. The molecule has 4 heteroatoms. The lowest BCUT2D eigenvalue weighted by Gasteiger charge is -2.01. The molecule has 3 nitrogen and oxygen atoms in total. The molecule has 0 spiro atoms. The van der Waals surface area contributed by atoms with Gasteiger partial charge in [-0.15, -0.1) is 6.58 Å². The molecule has 0 bridgehead atoms. The van der Waals surface area contributed by atoms with Gasteiger partial charge in [0.05, 0.1) is 5.75 Å². The monoisotopic (exact) mass is 191 g/mol. The fourth-order valence-corrected chi connectivity index (χ4v) is 1.60. The highest BCUT2D eigenvalue weighted by molar-refractivity contribution is 7.86. The molecule has 0 saturated heterocycles. The molecule has 0 fully saturated rings. The van der Waals surface area contributed by atoms with E-state index < -0.39 is 10.1 Å². The second kappa shape index (κ2) is 6.20. The van der Waals surface area contributed by atoms with Crippen molar-refractivity contribution in [2.45, 2.75) is 26.2 Å². The van der Waals surface area contributed by atoms with Gasteiger partial charge in [-0.2, -0.15) is 8.42 Å². The van der Waals surface area contributed by atoms with Crippen LogP contribution in [0.3, 0.4) is 0 Å². The molecule has 12 heavy (non-hydrogen) atoms. The molecule has 0 rings (SSSR count). The topological polar surface area (TPSA) is 43.4 Å². The Hall–Kier alpha value is -0.350. The minimum absolute atomic E-state index is 0.0885. The summed E-state index contributed by atoms with van der Waals surface area (Å²) in [4.78, 5) is 0. The zero-order chi connectivity index (χ0) is 9.45. The molecule has 0 atom stereocenters. The minimum Gasteiger partial charge on any atom is -0.259 e. The first-order valence-corrected chi connectivity index (χ1v) is 5.55. The largest absolute Gasteiger partial charge is 0.267 e. The highest BCUT2D eigenvalue weighted by Crippen LogP contribution is 2.02.